The van der Waals surface area contributed by atoms with Crippen LogP contribution in [0.2, 0.25) is 0 Å². The number of hydrogen-bond acceptors (Lipinski definition) is 7. The molecule has 0 saturated heterocycles. The second kappa shape index (κ2) is 8.56. The number of nitro groups is 1. The Balaban J connectivity index is 2.08. The summed E-state index contributed by atoms with van der Waals surface area (Å²) in [6.07, 6.45) is 0.934. The van der Waals surface area contributed by atoms with Crippen LogP contribution in [-0.4, -0.2) is 33.6 Å². The summed E-state index contributed by atoms with van der Waals surface area (Å²) in [5.74, 6) is -0.455. The molecule has 1 heterocycles. The number of nitrogens with zero attached hydrogens (tertiary/aromatic N) is 2. The Morgan fingerprint density at radius 1 is 1.37 bits per heavy atom. The van der Waals surface area contributed by atoms with Gasteiger partial charge in [0.2, 0.25) is 5.91 Å². The van der Waals surface area contributed by atoms with Crippen LogP contribution in [0.4, 0.5) is 5.69 Å². The van der Waals surface area contributed by atoms with E-state index in [9.17, 15) is 24.5 Å². The number of nitrogens with one attached hydrogen (secondary N) is 3. The fraction of sp³-hybridized carbons (Fsp3) is 0.250. The van der Waals surface area contributed by atoms with Gasteiger partial charge in [0.25, 0.3) is 5.56 Å². The van der Waals surface area contributed by atoms with Crippen molar-refractivity contribution in [2.45, 2.75) is 20.3 Å². The summed E-state index contributed by atoms with van der Waals surface area (Å²) < 4.78 is 5.18. The zero-order valence-electron chi connectivity index (χ0n) is 14.6. The van der Waals surface area contributed by atoms with Crippen molar-refractivity contribution in [2.24, 2.45) is 5.10 Å². The standard InChI is InChI=1S/C16H17N5O6/c1-3-27-13-5-4-10(6-12(13)21(25)26)8-17-20-14(22)7-11-9(2)18-16(24)19-15(11)23/h4-6,8H,3,7H2,1-2H3,(H,20,22)(H2,18,19,23,24)/b17-8-. The third-order valence-corrected chi connectivity index (χ3v) is 3.47. The van der Waals surface area contributed by atoms with Gasteiger partial charge in [-0.25, -0.2) is 10.2 Å². The van der Waals surface area contributed by atoms with E-state index in [1.807, 2.05) is 4.98 Å². The first-order valence-electron chi connectivity index (χ1n) is 7.87. The molecule has 3 N–H and O–H groups in total. The summed E-state index contributed by atoms with van der Waals surface area (Å²) in [7, 11) is 0. The lowest BCUT2D eigenvalue weighted by atomic mass is 10.1. The van der Waals surface area contributed by atoms with Crippen molar-refractivity contribution >= 4 is 17.8 Å². The van der Waals surface area contributed by atoms with Gasteiger partial charge in [-0.2, -0.15) is 5.10 Å². The molecule has 27 heavy (non-hydrogen) atoms. The van der Waals surface area contributed by atoms with Crippen LogP contribution >= 0.6 is 0 Å². The predicted octanol–water partition coefficient (Wildman–Crippen LogP) is 0.371. The van der Waals surface area contributed by atoms with Gasteiger partial charge in [0.05, 0.1) is 24.2 Å². The monoisotopic (exact) mass is 375 g/mol. The maximum Gasteiger partial charge on any atom is 0.325 e. The lowest BCUT2D eigenvalue weighted by Crippen LogP contribution is -2.30. The number of hydrogen-bond donors (Lipinski definition) is 3. The molecule has 0 atom stereocenters. The largest absolute Gasteiger partial charge is 0.487 e. The zero-order valence-corrected chi connectivity index (χ0v) is 14.6. The zero-order chi connectivity index (χ0) is 20.0. The molecule has 0 spiro atoms. The van der Waals surface area contributed by atoms with Crippen molar-refractivity contribution in [3.05, 3.63) is 66.0 Å². The van der Waals surface area contributed by atoms with Gasteiger partial charge in [-0.15, -0.1) is 0 Å². The van der Waals surface area contributed by atoms with Gasteiger partial charge < -0.3 is 9.72 Å². The van der Waals surface area contributed by atoms with Crippen LogP contribution < -0.4 is 21.4 Å². The van der Waals surface area contributed by atoms with Crippen LogP contribution in [0, 0.1) is 17.0 Å². The maximum atomic E-state index is 11.9. The summed E-state index contributed by atoms with van der Waals surface area (Å²) in [4.78, 5) is 49.7. The minimum atomic E-state index is -0.656. The average molecular weight is 375 g/mol. The van der Waals surface area contributed by atoms with Gasteiger partial charge in [0, 0.05) is 22.9 Å². The van der Waals surface area contributed by atoms with Gasteiger partial charge in [0.1, 0.15) is 0 Å². The smallest absolute Gasteiger partial charge is 0.325 e. The predicted molar refractivity (Wildman–Crippen MR) is 96.1 cm³/mol. The van der Waals surface area contributed by atoms with Crippen LogP contribution in [0.15, 0.2) is 32.9 Å². The molecule has 11 nitrogen and oxygen atoms in total. The van der Waals surface area contributed by atoms with Crippen molar-refractivity contribution in [1.29, 1.82) is 0 Å². The van der Waals surface area contributed by atoms with Crippen molar-refractivity contribution in [1.82, 2.24) is 15.4 Å². The highest BCUT2D eigenvalue weighted by molar-refractivity contribution is 5.84. The highest BCUT2D eigenvalue weighted by atomic mass is 16.6. The van der Waals surface area contributed by atoms with Gasteiger partial charge in [-0.1, -0.05) is 0 Å². The van der Waals surface area contributed by atoms with Crippen LogP contribution in [0.3, 0.4) is 0 Å². The van der Waals surface area contributed by atoms with Crippen LogP contribution in [0.5, 0.6) is 5.75 Å². The van der Waals surface area contributed by atoms with Gasteiger partial charge >= 0.3 is 11.4 Å². The van der Waals surface area contributed by atoms with Gasteiger partial charge in [-0.05, 0) is 26.0 Å². The van der Waals surface area contributed by atoms with E-state index >= 15 is 0 Å². The Kier molecular flexibility index (Phi) is 6.20. The molecule has 0 aliphatic carbocycles. The van der Waals surface area contributed by atoms with E-state index < -0.39 is 22.1 Å². The molecule has 1 amide bonds. The lowest BCUT2D eigenvalue weighted by Gasteiger charge is -2.04. The summed E-state index contributed by atoms with van der Waals surface area (Å²) >= 11 is 0. The number of ether oxygens (including phenoxy) is 1. The topological polar surface area (TPSA) is 160 Å². The molecular weight excluding hydrogens is 358 g/mol. The van der Waals surface area contributed by atoms with Crippen LogP contribution in [0.25, 0.3) is 0 Å². The van der Waals surface area contributed by atoms with Gasteiger partial charge in [0.15, 0.2) is 5.75 Å². The van der Waals surface area contributed by atoms with E-state index in [0.29, 0.717) is 5.56 Å². The third kappa shape index (κ3) is 5.11. The highest BCUT2D eigenvalue weighted by Crippen LogP contribution is 2.27. The molecule has 0 bridgehead atoms. The fourth-order valence-corrected chi connectivity index (χ4v) is 2.25. The molecule has 1 aromatic heterocycles. The average Bonchev–Trinajstić information content (AvgIpc) is 2.59. The summed E-state index contributed by atoms with van der Waals surface area (Å²) in [6.45, 7) is 3.50. The number of aromatic nitrogens is 2. The second-order valence-electron chi connectivity index (χ2n) is 5.40. The van der Waals surface area contributed by atoms with E-state index in [-0.39, 0.29) is 35.7 Å². The number of carbonyl (C=O) groups is 1. The molecule has 0 radical (unpaired) electrons. The number of benzene rings is 1. The third-order valence-electron chi connectivity index (χ3n) is 3.47. The second-order valence-corrected chi connectivity index (χ2v) is 5.40. The normalized spacial score (nSPS) is 10.7. The Morgan fingerprint density at radius 2 is 2.11 bits per heavy atom. The molecule has 11 heteroatoms. The van der Waals surface area contributed by atoms with Crippen molar-refractivity contribution < 1.29 is 14.5 Å². The first kappa shape index (κ1) is 19.6. The fourth-order valence-electron chi connectivity index (χ4n) is 2.25. The van der Waals surface area contributed by atoms with E-state index in [2.05, 4.69) is 15.5 Å². The first-order valence-corrected chi connectivity index (χ1v) is 7.87. The molecule has 1 aromatic carbocycles. The number of hydrazone groups is 1. The number of nitro benzene ring substituents is 1. The summed E-state index contributed by atoms with van der Waals surface area (Å²) in [5.41, 5.74) is 1.46. The minimum absolute atomic E-state index is 0.110. The summed E-state index contributed by atoms with van der Waals surface area (Å²) in [6, 6.07) is 4.25. The Labute approximate surface area is 152 Å². The molecule has 0 aliphatic heterocycles. The summed E-state index contributed by atoms with van der Waals surface area (Å²) in [5, 5.41) is 14.8. The van der Waals surface area contributed by atoms with Crippen molar-refractivity contribution in [3.8, 4) is 5.75 Å². The molecule has 2 rings (SSSR count). The maximum absolute atomic E-state index is 11.9. The molecule has 142 valence electrons. The number of H-pyrrole nitrogens is 2. The number of aromatic amines is 2. The highest BCUT2D eigenvalue weighted by Gasteiger charge is 2.15. The first-order chi connectivity index (χ1) is 12.8. The number of rotatable bonds is 7. The minimum Gasteiger partial charge on any atom is -0.487 e. The Morgan fingerprint density at radius 3 is 2.74 bits per heavy atom. The molecule has 2 aromatic rings. The van der Waals surface area contributed by atoms with E-state index in [1.165, 1.54) is 25.3 Å². The Hall–Kier alpha value is -3.76. The quantitative estimate of drug-likeness (QED) is 0.360. The van der Waals surface area contributed by atoms with E-state index in [4.69, 9.17) is 4.74 Å². The number of aryl methyl sites for hydroxylation is 1. The van der Waals surface area contributed by atoms with Crippen LogP contribution in [0.1, 0.15) is 23.7 Å². The van der Waals surface area contributed by atoms with E-state index in [1.54, 1.807) is 13.0 Å². The van der Waals surface area contributed by atoms with Crippen molar-refractivity contribution in [3.63, 3.8) is 0 Å². The molecule has 0 saturated carbocycles. The van der Waals surface area contributed by atoms with Gasteiger partial charge in [-0.3, -0.25) is 24.7 Å². The molecule has 0 fully saturated rings. The Bertz CT molecular complexity index is 1010. The molecular formula is C16H17N5O6. The lowest BCUT2D eigenvalue weighted by molar-refractivity contribution is -0.385. The van der Waals surface area contributed by atoms with E-state index in [0.717, 1.165) is 0 Å². The molecule has 0 unspecified atom stereocenters. The SMILES string of the molecule is CCOc1ccc(/C=N\NC(=O)Cc2c(C)[nH]c(=O)[nH]c2=O)cc1[N+](=O)[O-]. The van der Waals surface area contributed by atoms with Crippen molar-refractivity contribution in [2.75, 3.05) is 6.61 Å². The number of carbonyl (C=O) groups excluding carboxylic acids is 1. The van der Waals surface area contributed by atoms with Crippen LogP contribution in [-0.2, 0) is 11.2 Å². The number of amides is 1. The molecule has 0 aliphatic rings.